The van der Waals surface area contributed by atoms with Crippen molar-refractivity contribution in [3.8, 4) is 0 Å². The van der Waals surface area contributed by atoms with Crippen molar-refractivity contribution in [2.24, 2.45) is 5.73 Å². The molecule has 28 heavy (non-hydrogen) atoms. The van der Waals surface area contributed by atoms with Crippen molar-refractivity contribution in [2.75, 3.05) is 24.5 Å². The van der Waals surface area contributed by atoms with Crippen LogP contribution in [0, 0.1) is 0 Å². The summed E-state index contributed by atoms with van der Waals surface area (Å²) in [5.74, 6) is 0.0360. The van der Waals surface area contributed by atoms with Gasteiger partial charge in [0.1, 0.15) is 6.10 Å². The van der Waals surface area contributed by atoms with E-state index >= 15 is 0 Å². The van der Waals surface area contributed by atoms with Gasteiger partial charge in [0.25, 0.3) is 0 Å². The van der Waals surface area contributed by atoms with Crippen LogP contribution in [0.25, 0.3) is 0 Å². The molecule has 2 heterocycles. The maximum Gasteiger partial charge on any atom is 0.249 e. The largest absolute Gasteiger partial charge is 0.371 e. The van der Waals surface area contributed by atoms with Crippen LogP contribution in [0.1, 0.15) is 52.0 Å². The second-order valence-electron chi connectivity index (χ2n) is 8.63. The number of nitrogens with two attached hydrogens (primary N) is 1. The van der Waals surface area contributed by atoms with Gasteiger partial charge < -0.3 is 20.7 Å². The molecule has 0 unspecified atom stereocenters. The van der Waals surface area contributed by atoms with Gasteiger partial charge in [0.15, 0.2) is 0 Å². The van der Waals surface area contributed by atoms with Gasteiger partial charge in [-0.2, -0.15) is 0 Å². The Hall–Kier alpha value is -1.01. The van der Waals surface area contributed by atoms with Crippen molar-refractivity contribution in [1.82, 2.24) is 5.32 Å². The Bertz CT molecular complexity index is 611. The zero-order valence-electron chi connectivity index (χ0n) is 17.1. The monoisotopic (exact) mass is 431 g/mol. The predicted molar refractivity (Wildman–Crippen MR) is 120 cm³/mol. The highest BCUT2D eigenvalue weighted by molar-refractivity contribution is 5.85. The minimum atomic E-state index is -0.313. The highest BCUT2D eigenvalue weighted by atomic mass is 35.5. The number of nitrogens with zero attached hydrogens (tertiary/aromatic N) is 1. The summed E-state index contributed by atoms with van der Waals surface area (Å²) in [5, 5.41) is 3.18. The van der Waals surface area contributed by atoms with Crippen LogP contribution >= 0.6 is 24.8 Å². The van der Waals surface area contributed by atoms with Gasteiger partial charge in [0, 0.05) is 31.4 Å². The Morgan fingerprint density at radius 3 is 2.21 bits per heavy atom. The first kappa shape index (κ1) is 25.0. The highest BCUT2D eigenvalue weighted by Crippen LogP contribution is 2.26. The molecule has 1 aromatic rings. The van der Waals surface area contributed by atoms with Crippen LogP contribution in [-0.2, 0) is 14.9 Å². The topological polar surface area (TPSA) is 67.6 Å². The molecule has 2 atom stereocenters. The van der Waals surface area contributed by atoms with Gasteiger partial charge in [0.2, 0.25) is 5.91 Å². The third-order valence-corrected chi connectivity index (χ3v) is 5.60. The molecule has 0 radical (unpaired) electrons. The fourth-order valence-electron chi connectivity index (χ4n) is 3.82. The summed E-state index contributed by atoms with van der Waals surface area (Å²) in [6.45, 7) is 9.14. The number of carbonyl (C=O) groups excluding carboxylic acids is 1. The SMILES string of the molecule is CC(C)(C)c1ccc(N2CCC(NC(=O)[C@@H]3CC[C@H](CN)O3)CC2)cc1.Cl.Cl. The lowest BCUT2D eigenvalue weighted by Gasteiger charge is -2.34. The van der Waals surface area contributed by atoms with E-state index in [-0.39, 0.29) is 54.4 Å². The molecule has 1 amide bonds. The Kier molecular flexibility index (Phi) is 9.54. The van der Waals surface area contributed by atoms with Crippen molar-refractivity contribution in [2.45, 2.75) is 70.1 Å². The average molecular weight is 432 g/mol. The Balaban J connectivity index is 0.00000196. The molecule has 0 bridgehead atoms. The van der Waals surface area contributed by atoms with E-state index in [4.69, 9.17) is 10.5 Å². The van der Waals surface area contributed by atoms with E-state index in [2.05, 4.69) is 55.3 Å². The lowest BCUT2D eigenvalue weighted by Crippen LogP contribution is -2.47. The number of hydrogen-bond donors (Lipinski definition) is 2. The fourth-order valence-corrected chi connectivity index (χ4v) is 3.82. The number of piperidine rings is 1. The van der Waals surface area contributed by atoms with Crippen LogP contribution in [-0.4, -0.2) is 43.8 Å². The van der Waals surface area contributed by atoms with Crippen molar-refractivity contribution < 1.29 is 9.53 Å². The predicted octanol–water partition coefficient (Wildman–Crippen LogP) is 3.42. The molecule has 0 aromatic heterocycles. The Morgan fingerprint density at radius 1 is 1.11 bits per heavy atom. The summed E-state index contributed by atoms with van der Waals surface area (Å²) in [6.07, 6.45) is 3.35. The van der Waals surface area contributed by atoms with E-state index in [9.17, 15) is 4.79 Å². The maximum atomic E-state index is 12.4. The summed E-state index contributed by atoms with van der Waals surface area (Å²) in [7, 11) is 0. The highest BCUT2D eigenvalue weighted by Gasteiger charge is 2.31. The van der Waals surface area contributed by atoms with Gasteiger partial charge in [-0.05, 0) is 48.8 Å². The normalized spacial score (nSPS) is 22.9. The first-order chi connectivity index (χ1) is 12.4. The zero-order chi connectivity index (χ0) is 18.7. The van der Waals surface area contributed by atoms with Crippen molar-refractivity contribution in [1.29, 1.82) is 0 Å². The van der Waals surface area contributed by atoms with E-state index in [1.807, 2.05) is 0 Å². The van der Waals surface area contributed by atoms with Gasteiger partial charge in [-0.1, -0.05) is 32.9 Å². The standard InChI is InChI=1S/C21H33N3O2.2ClH/c1-21(2,3)15-4-6-17(7-5-15)24-12-10-16(11-13-24)23-20(25)19-9-8-18(14-22)26-19;;/h4-7,16,18-19H,8-14,22H2,1-3H3,(H,23,25);2*1H/t18-,19+;;/m1../s1. The summed E-state index contributed by atoms with van der Waals surface area (Å²) in [4.78, 5) is 14.8. The quantitative estimate of drug-likeness (QED) is 0.765. The van der Waals surface area contributed by atoms with Crippen LogP contribution in [0.2, 0.25) is 0 Å². The second kappa shape index (κ2) is 10.7. The number of carbonyl (C=O) groups is 1. The van der Waals surface area contributed by atoms with Crippen molar-refractivity contribution in [3.05, 3.63) is 29.8 Å². The second-order valence-corrected chi connectivity index (χ2v) is 8.63. The van der Waals surface area contributed by atoms with Crippen LogP contribution < -0.4 is 16.0 Å². The maximum absolute atomic E-state index is 12.4. The summed E-state index contributed by atoms with van der Waals surface area (Å²) in [6, 6.07) is 9.15. The number of halogens is 2. The van der Waals surface area contributed by atoms with Crippen molar-refractivity contribution in [3.63, 3.8) is 0 Å². The lowest BCUT2D eigenvalue weighted by atomic mass is 9.87. The molecule has 2 aliphatic heterocycles. The lowest BCUT2D eigenvalue weighted by molar-refractivity contribution is -0.132. The minimum absolute atomic E-state index is 0. The van der Waals surface area contributed by atoms with E-state index < -0.39 is 0 Å². The molecule has 160 valence electrons. The molecule has 3 N–H and O–H groups in total. The molecule has 2 fully saturated rings. The fraction of sp³-hybridized carbons (Fsp3) is 0.667. The van der Waals surface area contributed by atoms with Crippen LogP contribution in [0.15, 0.2) is 24.3 Å². The molecule has 5 nitrogen and oxygen atoms in total. The molecule has 2 saturated heterocycles. The molecule has 2 aliphatic rings. The smallest absolute Gasteiger partial charge is 0.249 e. The number of rotatable bonds is 4. The third kappa shape index (κ3) is 6.24. The summed E-state index contributed by atoms with van der Waals surface area (Å²) in [5.41, 5.74) is 8.43. The number of benzene rings is 1. The van der Waals surface area contributed by atoms with Crippen LogP contribution in [0.3, 0.4) is 0 Å². The third-order valence-electron chi connectivity index (χ3n) is 5.60. The first-order valence-corrected chi connectivity index (χ1v) is 9.88. The minimum Gasteiger partial charge on any atom is -0.371 e. The summed E-state index contributed by atoms with van der Waals surface area (Å²) >= 11 is 0. The molecular formula is C21H35Cl2N3O2. The number of anilines is 1. The van der Waals surface area contributed by atoms with Gasteiger partial charge in [-0.15, -0.1) is 24.8 Å². The van der Waals surface area contributed by atoms with Crippen LogP contribution in [0.4, 0.5) is 5.69 Å². The number of hydrogen-bond acceptors (Lipinski definition) is 4. The molecule has 7 heteroatoms. The van der Waals surface area contributed by atoms with Gasteiger partial charge in [0.05, 0.1) is 6.10 Å². The molecular weight excluding hydrogens is 397 g/mol. The van der Waals surface area contributed by atoms with E-state index in [1.165, 1.54) is 11.3 Å². The molecule has 3 rings (SSSR count). The Morgan fingerprint density at radius 2 is 1.71 bits per heavy atom. The average Bonchev–Trinajstić information content (AvgIpc) is 3.11. The molecule has 0 saturated carbocycles. The van der Waals surface area contributed by atoms with E-state index in [0.29, 0.717) is 6.54 Å². The van der Waals surface area contributed by atoms with Gasteiger partial charge >= 0.3 is 0 Å². The molecule has 0 aliphatic carbocycles. The number of amides is 1. The van der Waals surface area contributed by atoms with Crippen molar-refractivity contribution >= 4 is 36.4 Å². The first-order valence-electron chi connectivity index (χ1n) is 9.88. The number of ether oxygens (including phenoxy) is 1. The molecule has 1 aromatic carbocycles. The van der Waals surface area contributed by atoms with E-state index in [0.717, 1.165) is 38.8 Å². The van der Waals surface area contributed by atoms with Gasteiger partial charge in [-0.3, -0.25) is 4.79 Å². The number of nitrogens with one attached hydrogen (secondary N) is 1. The summed E-state index contributed by atoms with van der Waals surface area (Å²) < 4.78 is 5.70. The van der Waals surface area contributed by atoms with Crippen LogP contribution in [0.5, 0.6) is 0 Å². The van der Waals surface area contributed by atoms with Gasteiger partial charge in [-0.25, -0.2) is 0 Å². The molecule has 0 spiro atoms. The van der Waals surface area contributed by atoms with E-state index in [1.54, 1.807) is 0 Å². The Labute approximate surface area is 181 Å². The zero-order valence-corrected chi connectivity index (χ0v) is 18.8.